The Bertz CT molecular complexity index is 902. The highest BCUT2D eigenvalue weighted by Crippen LogP contribution is 2.38. The monoisotopic (exact) mass is 341 g/mol. The number of benzene rings is 2. The molecule has 7 heteroatoms. The number of nitrogens with two attached hydrogens (primary N) is 2. The molecule has 1 aliphatic rings. The van der Waals surface area contributed by atoms with Crippen molar-refractivity contribution in [2.45, 2.75) is 0 Å². The van der Waals surface area contributed by atoms with Crippen LogP contribution in [0.1, 0.15) is 21.5 Å². The van der Waals surface area contributed by atoms with Crippen LogP contribution < -0.4 is 20.9 Å². The van der Waals surface area contributed by atoms with Gasteiger partial charge in [-0.2, -0.15) is 4.99 Å². The zero-order valence-corrected chi connectivity index (χ0v) is 13.5. The SMILES string of the molecule is COc1ccc(F)cc1C1=CCOc2ccc(C(=O)N=C(N)N)cc21. The summed E-state index contributed by atoms with van der Waals surface area (Å²) in [6.45, 7) is 0.323. The third-order valence-corrected chi connectivity index (χ3v) is 3.73. The van der Waals surface area contributed by atoms with E-state index in [-0.39, 0.29) is 5.96 Å². The number of nitrogens with zero attached hydrogens (tertiary/aromatic N) is 1. The molecule has 0 saturated heterocycles. The number of carbonyl (C=O) groups is 1. The number of aliphatic imine (C=N–C) groups is 1. The minimum Gasteiger partial charge on any atom is -0.496 e. The Morgan fingerprint density at radius 3 is 2.72 bits per heavy atom. The first-order valence-electron chi connectivity index (χ1n) is 7.45. The Morgan fingerprint density at radius 2 is 2.00 bits per heavy atom. The summed E-state index contributed by atoms with van der Waals surface area (Å²) in [4.78, 5) is 15.6. The van der Waals surface area contributed by atoms with Crippen molar-refractivity contribution >= 4 is 17.4 Å². The highest BCUT2D eigenvalue weighted by molar-refractivity contribution is 6.03. The molecule has 25 heavy (non-hydrogen) atoms. The minimum atomic E-state index is -0.570. The summed E-state index contributed by atoms with van der Waals surface area (Å²) in [5.41, 5.74) is 12.7. The van der Waals surface area contributed by atoms with E-state index in [4.69, 9.17) is 20.9 Å². The van der Waals surface area contributed by atoms with Crippen molar-refractivity contribution in [2.24, 2.45) is 16.5 Å². The molecule has 0 spiro atoms. The van der Waals surface area contributed by atoms with Crippen LogP contribution in [-0.4, -0.2) is 25.6 Å². The van der Waals surface area contributed by atoms with Gasteiger partial charge < -0.3 is 20.9 Å². The average Bonchev–Trinajstić information content (AvgIpc) is 2.60. The maximum Gasteiger partial charge on any atom is 0.280 e. The Hall–Kier alpha value is -3.35. The van der Waals surface area contributed by atoms with Crippen molar-refractivity contribution in [1.29, 1.82) is 0 Å². The maximum absolute atomic E-state index is 13.8. The lowest BCUT2D eigenvalue weighted by Gasteiger charge is -2.21. The number of hydrogen-bond acceptors (Lipinski definition) is 3. The van der Waals surface area contributed by atoms with E-state index in [1.807, 2.05) is 0 Å². The fourth-order valence-electron chi connectivity index (χ4n) is 2.65. The van der Waals surface area contributed by atoms with E-state index < -0.39 is 11.7 Å². The van der Waals surface area contributed by atoms with Crippen LogP contribution in [0.25, 0.3) is 5.57 Å². The molecule has 128 valence electrons. The molecular formula is C18H16FN3O3. The summed E-state index contributed by atoms with van der Waals surface area (Å²) in [5.74, 6) is -0.190. The molecule has 6 nitrogen and oxygen atoms in total. The van der Waals surface area contributed by atoms with Crippen molar-refractivity contribution in [3.05, 3.63) is 65.0 Å². The van der Waals surface area contributed by atoms with E-state index >= 15 is 0 Å². The topological polar surface area (TPSA) is 99.9 Å². The summed E-state index contributed by atoms with van der Waals surface area (Å²) in [6, 6.07) is 9.09. The normalized spacial score (nSPS) is 12.5. The Labute approximate surface area is 143 Å². The van der Waals surface area contributed by atoms with Gasteiger partial charge in [0, 0.05) is 16.7 Å². The zero-order chi connectivity index (χ0) is 18.0. The molecule has 3 rings (SSSR count). The summed E-state index contributed by atoms with van der Waals surface area (Å²) < 4.78 is 24.7. The van der Waals surface area contributed by atoms with Crippen LogP contribution in [0.4, 0.5) is 4.39 Å². The number of methoxy groups -OCH3 is 1. The van der Waals surface area contributed by atoms with Crippen molar-refractivity contribution in [2.75, 3.05) is 13.7 Å². The lowest BCUT2D eigenvalue weighted by molar-refractivity contribution is 0.100. The molecule has 0 atom stereocenters. The average molecular weight is 341 g/mol. The first kappa shape index (κ1) is 16.5. The van der Waals surface area contributed by atoms with Gasteiger partial charge in [-0.15, -0.1) is 0 Å². The number of ether oxygens (including phenoxy) is 2. The molecule has 1 heterocycles. The molecule has 4 N–H and O–H groups in total. The second kappa shape index (κ2) is 6.64. The number of hydrogen-bond donors (Lipinski definition) is 2. The van der Waals surface area contributed by atoms with Crippen LogP contribution in [0.15, 0.2) is 47.5 Å². The fourth-order valence-corrected chi connectivity index (χ4v) is 2.65. The Balaban J connectivity index is 2.12. The standard InChI is InChI=1S/C18H16FN3O3/c1-24-15-5-3-11(19)9-14(15)12-6-7-25-16-4-2-10(8-13(12)16)17(23)22-18(20)21/h2-6,8-9H,7H2,1H3,(H4,20,21,22,23). The van der Waals surface area contributed by atoms with Gasteiger partial charge in [-0.25, -0.2) is 4.39 Å². The largest absolute Gasteiger partial charge is 0.496 e. The van der Waals surface area contributed by atoms with E-state index in [2.05, 4.69) is 4.99 Å². The van der Waals surface area contributed by atoms with Gasteiger partial charge >= 0.3 is 0 Å². The van der Waals surface area contributed by atoms with Crippen LogP contribution in [0.3, 0.4) is 0 Å². The maximum atomic E-state index is 13.8. The van der Waals surface area contributed by atoms with Gasteiger partial charge in [0.15, 0.2) is 5.96 Å². The molecule has 0 aliphatic carbocycles. The molecule has 2 aromatic rings. The van der Waals surface area contributed by atoms with Gasteiger partial charge in [-0.1, -0.05) is 0 Å². The summed E-state index contributed by atoms with van der Waals surface area (Å²) in [7, 11) is 1.51. The molecule has 2 aromatic carbocycles. The molecular weight excluding hydrogens is 325 g/mol. The zero-order valence-electron chi connectivity index (χ0n) is 13.5. The molecule has 0 bridgehead atoms. The van der Waals surface area contributed by atoms with Crippen LogP contribution in [0.2, 0.25) is 0 Å². The number of halogens is 1. The second-order valence-electron chi connectivity index (χ2n) is 5.33. The van der Waals surface area contributed by atoms with E-state index in [9.17, 15) is 9.18 Å². The van der Waals surface area contributed by atoms with Crippen LogP contribution in [-0.2, 0) is 0 Å². The van der Waals surface area contributed by atoms with Crippen molar-refractivity contribution in [1.82, 2.24) is 0 Å². The van der Waals surface area contributed by atoms with E-state index in [0.717, 1.165) is 0 Å². The number of fused-ring (bicyclic) bond motifs is 1. The smallest absolute Gasteiger partial charge is 0.280 e. The predicted octanol–water partition coefficient (Wildman–Crippen LogP) is 2.07. The van der Waals surface area contributed by atoms with Gasteiger partial charge in [0.2, 0.25) is 0 Å². The number of rotatable bonds is 3. The molecule has 1 amide bonds. The molecule has 0 radical (unpaired) electrons. The predicted molar refractivity (Wildman–Crippen MR) is 92.1 cm³/mol. The quantitative estimate of drug-likeness (QED) is 0.657. The Kier molecular flexibility index (Phi) is 4.38. The van der Waals surface area contributed by atoms with Gasteiger partial charge in [-0.3, -0.25) is 4.79 Å². The third-order valence-electron chi connectivity index (χ3n) is 3.73. The first-order chi connectivity index (χ1) is 12.0. The van der Waals surface area contributed by atoms with Crippen molar-refractivity contribution in [3.8, 4) is 11.5 Å². The second-order valence-corrected chi connectivity index (χ2v) is 5.33. The van der Waals surface area contributed by atoms with Crippen LogP contribution in [0, 0.1) is 5.82 Å². The lowest BCUT2D eigenvalue weighted by Crippen LogP contribution is -2.24. The third kappa shape index (κ3) is 3.30. The van der Waals surface area contributed by atoms with Gasteiger partial charge in [0.05, 0.1) is 7.11 Å². The molecule has 0 aromatic heterocycles. The van der Waals surface area contributed by atoms with Crippen molar-refractivity contribution in [3.63, 3.8) is 0 Å². The fraction of sp³-hybridized carbons (Fsp3) is 0.111. The lowest BCUT2D eigenvalue weighted by atomic mass is 9.93. The first-order valence-corrected chi connectivity index (χ1v) is 7.45. The van der Waals surface area contributed by atoms with Gasteiger partial charge in [-0.05, 0) is 48.0 Å². The number of guanidine groups is 1. The summed E-state index contributed by atoms with van der Waals surface area (Å²) >= 11 is 0. The summed E-state index contributed by atoms with van der Waals surface area (Å²) in [5, 5.41) is 0. The molecule has 0 saturated carbocycles. The summed E-state index contributed by atoms with van der Waals surface area (Å²) in [6.07, 6.45) is 1.80. The Morgan fingerprint density at radius 1 is 1.20 bits per heavy atom. The molecule has 1 aliphatic heterocycles. The van der Waals surface area contributed by atoms with E-state index in [0.29, 0.717) is 40.4 Å². The van der Waals surface area contributed by atoms with E-state index in [1.54, 1.807) is 30.3 Å². The number of amides is 1. The van der Waals surface area contributed by atoms with Gasteiger partial charge in [0.25, 0.3) is 5.91 Å². The highest BCUT2D eigenvalue weighted by Gasteiger charge is 2.21. The van der Waals surface area contributed by atoms with E-state index in [1.165, 1.54) is 19.2 Å². The van der Waals surface area contributed by atoms with Crippen LogP contribution in [0.5, 0.6) is 11.5 Å². The van der Waals surface area contributed by atoms with Crippen LogP contribution >= 0.6 is 0 Å². The van der Waals surface area contributed by atoms with Gasteiger partial charge in [0.1, 0.15) is 23.9 Å². The highest BCUT2D eigenvalue weighted by atomic mass is 19.1. The van der Waals surface area contributed by atoms with Crippen molar-refractivity contribution < 1.29 is 18.7 Å². The molecule has 0 fully saturated rings. The number of carbonyl (C=O) groups excluding carboxylic acids is 1. The minimum absolute atomic E-state index is 0.291. The molecule has 0 unspecified atom stereocenters.